The Balaban J connectivity index is 1.42. The Labute approximate surface area is 142 Å². The number of nitrogens with one attached hydrogen (secondary N) is 2. The van der Waals surface area contributed by atoms with Crippen LogP contribution in [0.1, 0.15) is 38.8 Å². The first-order valence-electron chi connectivity index (χ1n) is 8.77. The van der Waals surface area contributed by atoms with Crippen LogP contribution >= 0.6 is 0 Å². The van der Waals surface area contributed by atoms with Crippen LogP contribution in [0.2, 0.25) is 0 Å². The van der Waals surface area contributed by atoms with Gasteiger partial charge in [0, 0.05) is 19.6 Å². The van der Waals surface area contributed by atoms with Gasteiger partial charge in [-0.15, -0.1) is 0 Å². The first-order chi connectivity index (χ1) is 11.7. The van der Waals surface area contributed by atoms with E-state index < -0.39 is 0 Å². The molecule has 3 rings (SSSR count). The summed E-state index contributed by atoms with van der Waals surface area (Å²) >= 11 is 0. The molecular formula is C16H27N5O3. The van der Waals surface area contributed by atoms with Gasteiger partial charge in [-0.05, 0) is 19.8 Å². The summed E-state index contributed by atoms with van der Waals surface area (Å²) in [5.74, 6) is 0.913. The number of esters is 1. The SMILES string of the molecule is CCCCOC1N=Cc2[nH]n(CCCN3CC(=O)OC(C)C3)c2N1. The van der Waals surface area contributed by atoms with Gasteiger partial charge in [0.05, 0.1) is 19.4 Å². The lowest BCUT2D eigenvalue weighted by atomic mass is 10.2. The lowest BCUT2D eigenvalue weighted by molar-refractivity contribution is -0.157. The first-order valence-corrected chi connectivity index (χ1v) is 8.77. The van der Waals surface area contributed by atoms with Gasteiger partial charge in [-0.1, -0.05) is 13.3 Å². The highest BCUT2D eigenvalue weighted by atomic mass is 16.5. The second kappa shape index (κ2) is 7.85. The molecule has 2 aliphatic rings. The minimum absolute atomic E-state index is 0.0139. The number of aromatic amines is 1. The fraction of sp³-hybridized carbons (Fsp3) is 0.750. The number of fused-ring (bicyclic) bond motifs is 1. The summed E-state index contributed by atoms with van der Waals surface area (Å²) in [6, 6.07) is 0. The standard InChI is InChI=1S/C16H27N5O3/c1-3-4-8-23-16-17-9-13-15(18-16)21(19-13)7-5-6-20-10-12(2)24-14(22)11-20/h9,12,16,18-19H,3-8,10-11H2,1-2H3. The number of rotatable bonds is 8. The highest BCUT2D eigenvalue weighted by Crippen LogP contribution is 2.21. The van der Waals surface area contributed by atoms with Gasteiger partial charge < -0.3 is 14.8 Å². The number of cyclic esters (lactones) is 1. The molecule has 2 unspecified atom stereocenters. The summed E-state index contributed by atoms with van der Waals surface area (Å²) in [4.78, 5) is 17.9. The van der Waals surface area contributed by atoms with Crippen molar-refractivity contribution in [1.82, 2.24) is 14.7 Å². The van der Waals surface area contributed by atoms with Crippen LogP contribution in [0.4, 0.5) is 5.82 Å². The number of hydrogen-bond acceptors (Lipinski definition) is 6. The molecule has 0 aromatic carbocycles. The van der Waals surface area contributed by atoms with Crippen molar-refractivity contribution in [3.8, 4) is 0 Å². The summed E-state index contributed by atoms with van der Waals surface area (Å²) in [6.07, 6.45) is 4.63. The van der Waals surface area contributed by atoms with Gasteiger partial charge in [-0.2, -0.15) is 0 Å². The van der Waals surface area contributed by atoms with E-state index in [9.17, 15) is 4.79 Å². The van der Waals surface area contributed by atoms with Crippen LogP contribution in [-0.4, -0.2) is 65.6 Å². The van der Waals surface area contributed by atoms with Crippen LogP contribution < -0.4 is 5.32 Å². The Morgan fingerprint density at radius 3 is 3.08 bits per heavy atom. The number of carbonyl (C=O) groups is 1. The molecule has 2 N–H and O–H groups in total. The first kappa shape index (κ1) is 17.0. The average molecular weight is 337 g/mol. The highest BCUT2D eigenvalue weighted by molar-refractivity contribution is 5.86. The summed E-state index contributed by atoms with van der Waals surface area (Å²) in [7, 11) is 0. The van der Waals surface area contributed by atoms with Crippen LogP contribution in [0.25, 0.3) is 0 Å². The zero-order valence-corrected chi connectivity index (χ0v) is 14.5. The molecule has 134 valence electrons. The fourth-order valence-corrected chi connectivity index (χ4v) is 3.01. The number of anilines is 1. The number of aromatic nitrogens is 2. The fourth-order valence-electron chi connectivity index (χ4n) is 3.01. The van der Waals surface area contributed by atoms with Crippen molar-refractivity contribution in [3.05, 3.63) is 5.69 Å². The van der Waals surface area contributed by atoms with Gasteiger partial charge in [-0.25, -0.2) is 4.99 Å². The van der Waals surface area contributed by atoms with Crippen molar-refractivity contribution in [2.24, 2.45) is 4.99 Å². The van der Waals surface area contributed by atoms with E-state index in [2.05, 4.69) is 31.9 Å². The minimum Gasteiger partial charge on any atom is -0.460 e. The van der Waals surface area contributed by atoms with Crippen molar-refractivity contribution in [1.29, 1.82) is 0 Å². The van der Waals surface area contributed by atoms with E-state index in [0.29, 0.717) is 13.2 Å². The van der Waals surface area contributed by atoms with Gasteiger partial charge in [0.15, 0.2) is 5.82 Å². The van der Waals surface area contributed by atoms with Crippen molar-refractivity contribution < 1.29 is 14.3 Å². The van der Waals surface area contributed by atoms with Crippen LogP contribution in [0.5, 0.6) is 0 Å². The van der Waals surface area contributed by atoms with Crippen LogP contribution in [0.3, 0.4) is 0 Å². The number of ether oxygens (including phenoxy) is 2. The predicted octanol–water partition coefficient (Wildman–Crippen LogP) is 1.40. The molecule has 2 atom stereocenters. The summed E-state index contributed by atoms with van der Waals surface area (Å²) in [6.45, 7) is 7.73. The van der Waals surface area contributed by atoms with Gasteiger partial charge in [0.25, 0.3) is 0 Å². The number of carbonyl (C=O) groups excluding carboxylic acids is 1. The third kappa shape index (κ3) is 4.18. The highest BCUT2D eigenvalue weighted by Gasteiger charge is 2.24. The van der Waals surface area contributed by atoms with Crippen molar-refractivity contribution in [3.63, 3.8) is 0 Å². The third-order valence-electron chi connectivity index (χ3n) is 4.21. The maximum atomic E-state index is 11.4. The van der Waals surface area contributed by atoms with Gasteiger partial charge in [0.2, 0.25) is 6.35 Å². The van der Waals surface area contributed by atoms with Gasteiger partial charge >= 0.3 is 5.97 Å². The van der Waals surface area contributed by atoms with Crippen LogP contribution in [0, 0.1) is 0 Å². The Morgan fingerprint density at radius 2 is 2.29 bits per heavy atom. The van der Waals surface area contributed by atoms with Gasteiger partial charge in [-0.3, -0.25) is 19.5 Å². The normalized spacial score (nSPS) is 23.8. The smallest absolute Gasteiger partial charge is 0.320 e. The molecule has 1 saturated heterocycles. The van der Waals surface area contributed by atoms with Crippen molar-refractivity contribution in [2.45, 2.75) is 52.1 Å². The molecule has 1 fully saturated rings. The van der Waals surface area contributed by atoms with E-state index in [0.717, 1.165) is 50.4 Å². The largest absolute Gasteiger partial charge is 0.460 e. The van der Waals surface area contributed by atoms with Crippen LogP contribution in [-0.2, 0) is 20.8 Å². The van der Waals surface area contributed by atoms with Gasteiger partial charge in [0.1, 0.15) is 11.8 Å². The number of unbranched alkanes of at least 4 members (excludes halogenated alkanes) is 1. The molecule has 0 radical (unpaired) electrons. The quantitative estimate of drug-likeness (QED) is 0.553. The molecular weight excluding hydrogens is 310 g/mol. The molecule has 0 spiro atoms. The number of hydrogen-bond donors (Lipinski definition) is 2. The van der Waals surface area contributed by atoms with E-state index in [1.165, 1.54) is 0 Å². The zero-order valence-electron chi connectivity index (χ0n) is 14.5. The Morgan fingerprint density at radius 1 is 1.42 bits per heavy atom. The molecule has 1 aromatic heterocycles. The molecule has 0 bridgehead atoms. The lowest BCUT2D eigenvalue weighted by Gasteiger charge is -2.31. The minimum atomic E-state index is -0.294. The Hall–Kier alpha value is -1.80. The maximum absolute atomic E-state index is 11.4. The predicted molar refractivity (Wildman–Crippen MR) is 91.3 cm³/mol. The monoisotopic (exact) mass is 337 g/mol. The average Bonchev–Trinajstić information content (AvgIpc) is 2.52. The second-order valence-corrected chi connectivity index (χ2v) is 6.41. The number of aryl methyl sites for hydroxylation is 1. The summed E-state index contributed by atoms with van der Waals surface area (Å²) < 4.78 is 12.9. The number of morpholine rings is 1. The number of H-pyrrole nitrogens is 1. The molecule has 8 nitrogen and oxygen atoms in total. The molecule has 0 saturated carbocycles. The van der Waals surface area contributed by atoms with Crippen LogP contribution in [0.15, 0.2) is 4.99 Å². The van der Waals surface area contributed by atoms with Crippen molar-refractivity contribution >= 4 is 18.0 Å². The summed E-state index contributed by atoms with van der Waals surface area (Å²) in [5, 5.41) is 6.56. The molecule has 0 amide bonds. The van der Waals surface area contributed by atoms with Crippen molar-refractivity contribution in [2.75, 3.05) is 31.6 Å². The second-order valence-electron chi connectivity index (χ2n) is 6.41. The third-order valence-corrected chi connectivity index (χ3v) is 4.21. The number of nitrogens with zero attached hydrogens (tertiary/aromatic N) is 3. The molecule has 24 heavy (non-hydrogen) atoms. The molecule has 3 heterocycles. The Bertz CT molecular complexity index is 579. The maximum Gasteiger partial charge on any atom is 0.320 e. The molecule has 1 aromatic rings. The zero-order chi connectivity index (χ0) is 16.9. The number of aliphatic imine (C=N–C) groups is 1. The van der Waals surface area contributed by atoms with E-state index in [1.54, 1.807) is 0 Å². The van der Waals surface area contributed by atoms with E-state index in [4.69, 9.17) is 9.47 Å². The lowest BCUT2D eigenvalue weighted by Crippen LogP contribution is -2.44. The Kier molecular flexibility index (Phi) is 5.57. The molecule has 2 aliphatic heterocycles. The van der Waals surface area contributed by atoms with E-state index >= 15 is 0 Å². The van der Waals surface area contributed by atoms with E-state index in [1.807, 2.05) is 13.1 Å². The van der Waals surface area contributed by atoms with E-state index in [-0.39, 0.29) is 18.4 Å². The summed E-state index contributed by atoms with van der Waals surface area (Å²) in [5.41, 5.74) is 1.00. The molecule has 8 heteroatoms. The molecule has 0 aliphatic carbocycles. The topological polar surface area (TPSA) is 83.9 Å².